The van der Waals surface area contributed by atoms with Crippen molar-refractivity contribution in [1.82, 2.24) is 20.2 Å². The quantitative estimate of drug-likeness (QED) is 0.641. The fourth-order valence-corrected chi connectivity index (χ4v) is 3.83. The largest absolute Gasteiger partial charge is 0.493 e. The normalized spacial score (nSPS) is 19.8. The van der Waals surface area contributed by atoms with E-state index in [1.807, 2.05) is 12.1 Å². The molecule has 1 aromatic carbocycles. The molecule has 154 valence electrons. The minimum atomic E-state index is 0.436. The van der Waals surface area contributed by atoms with Gasteiger partial charge < -0.3 is 25.0 Å². The molecule has 0 unspecified atom stereocenters. The number of aromatic nitrogens is 2. The van der Waals surface area contributed by atoms with E-state index in [1.54, 1.807) is 20.5 Å². The Morgan fingerprint density at radius 1 is 1.00 bits per heavy atom. The Labute approximate surface area is 167 Å². The average Bonchev–Trinajstić information content (AvgIpc) is 2.71. The van der Waals surface area contributed by atoms with Gasteiger partial charge in [0.05, 0.1) is 19.7 Å². The number of nitrogens with one attached hydrogen (secondary N) is 2. The first-order valence-corrected chi connectivity index (χ1v) is 10.1. The molecule has 2 aromatic rings. The monoisotopic (exact) mass is 387 g/mol. The van der Waals surface area contributed by atoms with Crippen LogP contribution < -0.4 is 20.1 Å². The summed E-state index contributed by atoms with van der Waals surface area (Å²) in [5.74, 6) is 2.24. The van der Waals surface area contributed by atoms with Gasteiger partial charge in [-0.05, 0) is 65.4 Å². The highest BCUT2D eigenvalue weighted by Crippen LogP contribution is 2.34. The summed E-state index contributed by atoms with van der Waals surface area (Å²) in [6, 6.07) is 4.92. The van der Waals surface area contributed by atoms with Gasteiger partial charge in [0.1, 0.15) is 12.1 Å². The lowest BCUT2D eigenvalue weighted by Crippen LogP contribution is -2.38. The molecule has 1 aromatic heterocycles. The van der Waals surface area contributed by atoms with E-state index in [0.29, 0.717) is 23.6 Å². The van der Waals surface area contributed by atoms with Crippen LogP contribution in [0.3, 0.4) is 0 Å². The Morgan fingerprint density at radius 3 is 2.36 bits per heavy atom. The predicted octanol–water partition coefficient (Wildman–Crippen LogP) is 2.91. The number of nitrogens with zero attached hydrogens (tertiary/aromatic N) is 3. The highest BCUT2D eigenvalue weighted by Gasteiger charge is 2.22. The Hall–Kier alpha value is -2.12. The molecule has 0 bridgehead atoms. The summed E-state index contributed by atoms with van der Waals surface area (Å²) in [5, 5.41) is 8.30. The summed E-state index contributed by atoms with van der Waals surface area (Å²) in [4.78, 5) is 11.1. The lowest BCUT2D eigenvalue weighted by atomic mass is 9.91. The van der Waals surface area contributed by atoms with Crippen LogP contribution in [-0.4, -0.2) is 68.4 Å². The van der Waals surface area contributed by atoms with Gasteiger partial charge >= 0.3 is 0 Å². The molecular weight excluding hydrogens is 354 g/mol. The Balaban J connectivity index is 1.58. The van der Waals surface area contributed by atoms with Crippen LogP contribution in [0.15, 0.2) is 18.5 Å². The molecule has 0 atom stereocenters. The summed E-state index contributed by atoms with van der Waals surface area (Å²) >= 11 is 0. The second-order valence-corrected chi connectivity index (χ2v) is 7.75. The van der Waals surface area contributed by atoms with E-state index in [0.717, 1.165) is 42.7 Å². The molecule has 28 heavy (non-hydrogen) atoms. The molecule has 0 radical (unpaired) electrons. The zero-order valence-corrected chi connectivity index (χ0v) is 17.5. The standard InChI is InChI=1S/C21H33N5O2/c1-26(2)11-5-10-22-15-6-8-16(9-7-15)25-21-17-12-19(27-3)20(28-4)13-18(17)23-14-24-21/h12-16,22H,5-11H2,1-4H3,(H,23,24,25). The van der Waals surface area contributed by atoms with Crippen LogP contribution in [0.4, 0.5) is 5.82 Å². The number of hydrogen-bond acceptors (Lipinski definition) is 7. The van der Waals surface area contributed by atoms with Crippen molar-refractivity contribution < 1.29 is 9.47 Å². The number of rotatable bonds is 9. The number of fused-ring (bicyclic) bond motifs is 1. The number of methoxy groups -OCH3 is 2. The first-order chi connectivity index (χ1) is 13.6. The third-order valence-corrected chi connectivity index (χ3v) is 5.42. The highest BCUT2D eigenvalue weighted by atomic mass is 16.5. The van der Waals surface area contributed by atoms with Gasteiger partial charge in [0.2, 0.25) is 0 Å². The number of anilines is 1. The van der Waals surface area contributed by atoms with E-state index >= 15 is 0 Å². The first-order valence-electron chi connectivity index (χ1n) is 10.1. The second kappa shape index (κ2) is 9.89. The molecule has 1 saturated carbocycles. The van der Waals surface area contributed by atoms with Crippen LogP contribution >= 0.6 is 0 Å². The number of benzene rings is 1. The molecule has 0 aliphatic heterocycles. The average molecular weight is 388 g/mol. The van der Waals surface area contributed by atoms with Gasteiger partial charge in [0, 0.05) is 23.5 Å². The molecule has 1 fully saturated rings. The SMILES string of the molecule is COc1cc2ncnc(NC3CCC(NCCCN(C)C)CC3)c2cc1OC. The maximum atomic E-state index is 5.45. The molecule has 1 aliphatic carbocycles. The number of ether oxygens (including phenoxy) is 2. The van der Waals surface area contributed by atoms with Gasteiger partial charge in [-0.2, -0.15) is 0 Å². The first kappa shape index (κ1) is 20.6. The molecule has 0 saturated heterocycles. The fraction of sp³-hybridized carbons (Fsp3) is 0.619. The molecule has 1 heterocycles. The van der Waals surface area contributed by atoms with Gasteiger partial charge in [0.15, 0.2) is 11.5 Å². The second-order valence-electron chi connectivity index (χ2n) is 7.75. The van der Waals surface area contributed by atoms with Crippen LogP contribution in [0.1, 0.15) is 32.1 Å². The van der Waals surface area contributed by atoms with Gasteiger partial charge in [-0.25, -0.2) is 9.97 Å². The Bertz CT molecular complexity index is 760. The van der Waals surface area contributed by atoms with Crippen LogP contribution in [0.2, 0.25) is 0 Å². The van der Waals surface area contributed by atoms with E-state index < -0.39 is 0 Å². The number of hydrogen-bond donors (Lipinski definition) is 2. The van der Waals surface area contributed by atoms with E-state index in [-0.39, 0.29) is 0 Å². The molecule has 7 heteroatoms. The van der Waals surface area contributed by atoms with Gasteiger partial charge in [-0.1, -0.05) is 0 Å². The smallest absolute Gasteiger partial charge is 0.162 e. The van der Waals surface area contributed by atoms with Gasteiger partial charge in [-0.15, -0.1) is 0 Å². The minimum absolute atomic E-state index is 0.436. The van der Waals surface area contributed by atoms with Crippen LogP contribution in [-0.2, 0) is 0 Å². The lowest BCUT2D eigenvalue weighted by molar-refractivity contribution is 0.337. The third-order valence-electron chi connectivity index (χ3n) is 5.42. The predicted molar refractivity (Wildman–Crippen MR) is 113 cm³/mol. The zero-order valence-electron chi connectivity index (χ0n) is 17.5. The fourth-order valence-electron chi connectivity index (χ4n) is 3.83. The maximum absolute atomic E-state index is 5.45. The molecule has 2 N–H and O–H groups in total. The lowest BCUT2D eigenvalue weighted by Gasteiger charge is -2.30. The molecule has 3 rings (SSSR count). The summed E-state index contributed by atoms with van der Waals surface area (Å²) in [6.45, 7) is 2.23. The van der Waals surface area contributed by atoms with Crippen molar-refractivity contribution in [1.29, 1.82) is 0 Å². The molecule has 7 nitrogen and oxygen atoms in total. The molecular formula is C21H33N5O2. The van der Waals surface area contributed by atoms with E-state index in [9.17, 15) is 0 Å². The summed E-state index contributed by atoms with van der Waals surface area (Å²) < 4.78 is 10.8. The van der Waals surface area contributed by atoms with Gasteiger partial charge in [-0.3, -0.25) is 0 Å². The summed E-state index contributed by atoms with van der Waals surface area (Å²) in [6.07, 6.45) is 7.48. The third kappa shape index (κ3) is 5.23. The topological polar surface area (TPSA) is 71.5 Å². The zero-order chi connectivity index (χ0) is 19.9. The Kier molecular flexibility index (Phi) is 7.28. The van der Waals surface area contributed by atoms with Crippen molar-refractivity contribution in [3.63, 3.8) is 0 Å². The van der Waals surface area contributed by atoms with Crippen molar-refractivity contribution >= 4 is 16.7 Å². The van der Waals surface area contributed by atoms with Crippen LogP contribution in [0.5, 0.6) is 11.5 Å². The van der Waals surface area contributed by atoms with E-state index in [1.165, 1.54) is 19.3 Å². The molecule has 1 aliphatic rings. The summed E-state index contributed by atoms with van der Waals surface area (Å²) in [5.41, 5.74) is 0.853. The highest BCUT2D eigenvalue weighted by molar-refractivity contribution is 5.91. The maximum Gasteiger partial charge on any atom is 0.162 e. The van der Waals surface area contributed by atoms with E-state index in [2.05, 4.69) is 39.6 Å². The van der Waals surface area contributed by atoms with Crippen molar-refractivity contribution in [3.05, 3.63) is 18.5 Å². The molecule has 0 spiro atoms. The van der Waals surface area contributed by atoms with Crippen molar-refractivity contribution in [2.75, 3.05) is 46.7 Å². The van der Waals surface area contributed by atoms with Crippen molar-refractivity contribution in [2.24, 2.45) is 0 Å². The minimum Gasteiger partial charge on any atom is -0.493 e. The Morgan fingerprint density at radius 2 is 1.68 bits per heavy atom. The summed E-state index contributed by atoms with van der Waals surface area (Å²) in [7, 11) is 7.53. The van der Waals surface area contributed by atoms with Gasteiger partial charge in [0.25, 0.3) is 0 Å². The van der Waals surface area contributed by atoms with Crippen LogP contribution in [0.25, 0.3) is 10.9 Å². The van der Waals surface area contributed by atoms with Crippen LogP contribution in [0, 0.1) is 0 Å². The van der Waals surface area contributed by atoms with Crippen molar-refractivity contribution in [2.45, 2.75) is 44.2 Å². The molecule has 0 amide bonds. The van der Waals surface area contributed by atoms with E-state index in [4.69, 9.17) is 9.47 Å². The van der Waals surface area contributed by atoms with Crippen molar-refractivity contribution in [3.8, 4) is 11.5 Å².